The van der Waals surface area contributed by atoms with Crippen LogP contribution in [0.4, 0.5) is 11.4 Å². The van der Waals surface area contributed by atoms with Crippen molar-refractivity contribution in [2.75, 3.05) is 20.8 Å². The number of halogens is 1. The molecule has 0 radical (unpaired) electrons. The lowest BCUT2D eigenvalue weighted by Crippen LogP contribution is -2.01. The van der Waals surface area contributed by atoms with Crippen LogP contribution >= 0.6 is 11.6 Å². The Morgan fingerprint density at radius 3 is 2.25 bits per heavy atom. The molecule has 28 heavy (non-hydrogen) atoms. The van der Waals surface area contributed by atoms with E-state index in [4.69, 9.17) is 21.1 Å². The summed E-state index contributed by atoms with van der Waals surface area (Å²) in [6, 6.07) is 5.12. The first-order chi connectivity index (χ1) is 13.3. The Balaban J connectivity index is 2.24. The molecule has 0 bridgehead atoms. The maximum Gasteiger partial charge on any atom is 0.312 e. The Morgan fingerprint density at radius 1 is 1.07 bits per heavy atom. The molecule has 11 heteroatoms. The molecule has 0 aliphatic heterocycles. The van der Waals surface area contributed by atoms with Crippen LogP contribution in [0.25, 0.3) is 0 Å². The lowest BCUT2D eigenvalue weighted by molar-refractivity contribution is -0.385. The van der Waals surface area contributed by atoms with Gasteiger partial charge < -0.3 is 14.6 Å². The number of benzene rings is 2. The van der Waals surface area contributed by atoms with Crippen molar-refractivity contribution in [3.8, 4) is 17.2 Å². The topological polar surface area (TPSA) is 137 Å². The first-order valence-electron chi connectivity index (χ1n) is 7.84. The largest absolute Gasteiger partial charge is 0.502 e. The number of nitro groups is 2. The molecule has 0 spiro atoms. The lowest BCUT2D eigenvalue weighted by Gasteiger charge is -2.10. The van der Waals surface area contributed by atoms with E-state index in [-0.39, 0.29) is 35.0 Å². The van der Waals surface area contributed by atoms with Crippen LogP contribution < -0.4 is 9.47 Å². The number of hydrogen-bond donors (Lipinski definition) is 1. The number of phenolic OH excluding ortho intramolecular Hbond substituents is 1. The number of nitro benzene ring substituents is 2. The molecule has 0 heterocycles. The molecule has 0 fully saturated rings. The molecular formula is C17H16ClN3O7. The maximum atomic E-state index is 11.3. The summed E-state index contributed by atoms with van der Waals surface area (Å²) in [5.74, 6) is 0.0167. The molecular weight excluding hydrogens is 394 g/mol. The number of methoxy groups -OCH3 is 2. The van der Waals surface area contributed by atoms with Gasteiger partial charge in [0.1, 0.15) is 0 Å². The van der Waals surface area contributed by atoms with E-state index < -0.39 is 21.3 Å². The Morgan fingerprint density at radius 2 is 1.68 bits per heavy atom. The zero-order chi connectivity index (χ0) is 20.8. The van der Waals surface area contributed by atoms with E-state index in [2.05, 4.69) is 4.99 Å². The van der Waals surface area contributed by atoms with E-state index in [1.807, 2.05) is 0 Å². The number of hydrogen-bond acceptors (Lipinski definition) is 8. The van der Waals surface area contributed by atoms with Gasteiger partial charge >= 0.3 is 5.69 Å². The SMILES string of the molecule is COc1cc(CCN=Cc2cc(Cl)cc([N+](=O)[O-])c2O)c([N+](=O)[O-])cc1OC. The second kappa shape index (κ2) is 9.00. The first-order valence-corrected chi connectivity index (χ1v) is 8.22. The summed E-state index contributed by atoms with van der Waals surface area (Å²) in [4.78, 5) is 25.0. The highest BCUT2D eigenvalue weighted by molar-refractivity contribution is 6.31. The van der Waals surface area contributed by atoms with Crippen molar-refractivity contribution < 1.29 is 24.4 Å². The minimum absolute atomic E-state index is 0.0704. The fourth-order valence-electron chi connectivity index (χ4n) is 2.47. The van der Waals surface area contributed by atoms with E-state index in [0.717, 1.165) is 6.07 Å². The third-order valence-electron chi connectivity index (χ3n) is 3.80. The minimum atomic E-state index is -0.758. The summed E-state index contributed by atoms with van der Waals surface area (Å²) < 4.78 is 10.2. The first kappa shape index (κ1) is 20.9. The molecule has 1 N–H and O–H groups in total. The molecule has 2 rings (SSSR count). The highest BCUT2D eigenvalue weighted by Gasteiger charge is 2.20. The second-order valence-corrected chi connectivity index (χ2v) is 5.93. The second-order valence-electron chi connectivity index (χ2n) is 5.50. The molecule has 0 saturated carbocycles. The Hall–Kier alpha value is -3.40. The van der Waals surface area contributed by atoms with Gasteiger partial charge in [0.25, 0.3) is 5.69 Å². The van der Waals surface area contributed by atoms with Gasteiger partial charge in [0.15, 0.2) is 11.5 Å². The van der Waals surface area contributed by atoms with E-state index in [0.29, 0.717) is 11.3 Å². The maximum absolute atomic E-state index is 11.3. The molecule has 0 aliphatic rings. The molecule has 2 aromatic rings. The van der Waals surface area contributed by atoms with E-state index in [1.165, 1.54) is 38.6 Å². The molecule has 10 nitrogen and oxygen atoms in total. The molecule has 0 aliphatic carbocycles. The standard InChI is InChI=1S/C17H16ClN3O7/c1-27-15-6-10(13(20(23)24)8-16(15)28-2)3-4-19-9-11-5-12(18)7-14(17(11)22)21(25)26/h5-9,22H,3-4H2,1-2H3. The minimum Gasteiger partial charge on any atom is -0.502 e. The van der Waals surface area contributed by atoms with Gasteiger partial charge in [0.2, 0.25) is 5.75 Å². The van der Waals surface area contributed by atoms with E-state index >= 15 is 0 Å². The lowest BCUT2D eigenvalue weighted by atomic mass is 10.1. The normalized spacial score (nSPS) is 10.8. The van der Waals surface area contributed by atoms with Gasteiger partial charge in [-0.15, -0.1) is 0 Å². The predicted octanol–water partition coefficient (Wildman–Crippen LogP) is 3.54. The highest BCUT2D eigenvalue weighted by atomic mass is 35.5. The van der Waals surface area contributed by atoms with Crippen LogP contribution in [0.15, 0.2) is 29.3 Å². The monoisotopic (exact) mass is 409 g/mol. The number of phenols is 1. The molecule has 0 unspecified atom stereocenters. The molecule has 0 saturated heterocycles. The molecule has 0 aromatic heterocycles. The van der Waals surface area contributed by atoms with E-state index in [1.54, 1.807) is 0 Å². The van der Waals surface area contributed by atoms with Crippen LogP contribution in [-0.2, 0) is 6.42 Å². The zero-order valence-electron chi connectivity index (χ0n) is 14.9. The molecule has 0 atom stereocenters. The van der Waals surface area contributed by atoms with Crippen molar-refractivity contribution in [2.45, 2.75) is 6.42 Å². The van der Waals surface area contributed by atoms with Crippen molar-refractivity contribution in [3.63, 3.8) is 0 Å². The van der Waals surface area contributed by atoms with Crippen molar-refractivity contribution >= 4 is 29.2 Å². The van der Waals surface area contributed by atoms with Gasteiger partial charge in [-0.05, 0) is 18.6 Å². The van der Waals surface area contributed by atoms with Gasteiger partial charge in [0, 0.05) is 35.0 Å². The van der Waals surface area contributed by atoms with Crippen LogP contribution in [0.5, 0.6) is 17.2 Å². The molecule has 0 amide bonds. The van der Waals surface area contributed by atoms with Crippen molar-refractivity contribution in [1.82, 2.24) is 0 Å². The summed E-state index contributed by atoms with van der Waals surface area (Å²) in [6.45, 7) is 0.121. The third kappa shape index (κ3) is 4.65. The van der Waals surface area contributed by atoms with Crippen LogP contribution in [0.1, 0.15) is 11.1 Å². The Labute approximate surface area is 164 Å². The van der Waals surface area contributed by atoms with Crippen molar-refractivity contribution in [2.24, 2.45) is 4.99 Å². The molecule has 148 valence electrons. The summed E-state index contributed by atoms with van der Waals surface area (Å²) in [6.07, 6.45) is 1.41. The Kier molecular flexibility index (Phi) is 6.72. The van der Waals surface area contributed by atoms with Gasteiger partial charge in [-0.3, -0.25) is 25.2 Å². The van der Waals surface area contributed by atoms with Crippen LogP contribution in [0, 0.1) is 20.2 Å². The summed E-state index contributed by atoms with van der Waals surface area (Å²) in [5.41, 5.74) is -0.235. The fraction of sp³-hybridized carbons (Fsp3) is 0.235. The van der Waals surface area contributed by atoms with Crippen LogP contribution in [-0.4, -0.2) is 41.9 Å². The van der Waals surface area contributed by atoms with Gasteiger partial charge in [-0.1, -0.05) is 11.6 Å². The van der Waals surface area contributed by atoms with Crippen LogP contribution in [0.3, 0.4) is 0 Å². The zero-order valence-corrected chi connectivity index (χ0v) is 15.7. The summed E-state index contributed by atoms with van der Waals surface area (Å²) >= 11 is 5.81. The average Bonchev–Trinajstić information content (AvgIpc) is 2.66. The molecule has 2 aromatic carbocycles. The Bertz CT molecular complexity index is 947. The number of aliphatic imine (C=N–C) groups is 1. The number of nitrogens with zero attached hydrogens (tertiary/aromatic N) is 3. The van der Waals surface area contributed by atoms with Crippen LogP contribution in [0.2, 0.25) is 5.02 Å². The average molecular weight is 410 g/mol. The quantitative estimate of drug-likeness (QED) is 0.399. The van der Waals surface area contributed by atoms with Crippen molar-refractivity contribution in [3.05, 3.63) is 60.6 Å². The number of ether oxygens (including phenoxy) is 2. The summed E-state index contributed by atoms with van der Waals surface area (Å²) in [5, 5.41) is 32.2. The highest BCUT2D eigenvalue weighted by Crippen LogP contribution is 2.35. The predicted molar refractivity (Wildman–Crippen MR) is 102 cm³/mol. The van der Waals surface area contributed by atoms with Crippen molar-refractivity contribution in [1.29, 1.82) is 0 Å². The third-order valence-corrected chi connectivity index (χ3v) is 4.02. The van der Waals surface area contributed by atoms with E-state index in [9.17, 15) is 25.3 Å². The van der Waals surface area contributed by atoms with Gasteiger partial charge in [-0.25, -0.2) is 0 Å². The summed E-state index contributed by atoms with van der Waals surface area (Å²) in [7, 11) is 2.79. The smallest absolute Gasteiger partial charge is 0.312 e. The number of aromatic hydroxyl groups is 1. The van der Waals surface area contributed by atoms with Gasteiger partial charge in [-0.2, -0.15) is 0 Å². The number of rotatable bonds is 8. The van der Waals surface area contributed by atoms with Gasteiger partial charge in [0.05, 0.1) is 30.1 Å². The fourth-order valence-corrected chi connectivity index (χ4v) is 2.69.